The van der Waals surface area contributed by atoms with E-state index in [1.54, 1.807) is 13.8 Å². The maximum Gasteiger partial charge on any atom is 0.293 e. The summed E-state index contributed by atoms with van der Waals surface area (Å²) in [6.07, 6.45) is -2.37. The highest BCUT2D eigenvalue weighted by atomic mass is 16.8. The minimum Gasteiger partial charge on any atom is -0.459 e. The molecule has 0 aromatic rings. The van der Waals surface area contributed by atoms with E-state index in [2.05, 4.69) is 0 Å². The molecule has 0 N–H and O–H groups in total. The standard InChI is InChI=1S/C13H20O7/c1-12(2)16-5-7(18-12)8-9(15-6-14)10-11(17-8)20-13(3,4)19-10/h6-11H,5H2,1-4H3/t7-,8-,9+,10-,11-/m1/s1. The van der Waals surface area contributed by atoms with Gasteiger partial charge in [0.15, 0.2) is 30.1 Å². The van der Waals surface area contributed by atoms with Crippen molar-refractivity contribution in [3.05, 3.63) is 0 Å². The Labute approximate surface area is 117 Å². The second-order valence-corrected chi connectivity index (χ2v) is 6.13. The first-order valence-corrected chi connectivity index (χ1v) is 6.73. The van der Waals surface area contributed by atoms with Crippen LogP contribution in [0.1, 0.15) is 27.7 Å². The summed E-state index contributed by atoms with van der Waals surface area (Å²) in [5.74, 6) is -1.42. The number of hydrogen-bond donors (Lipinski definition) is 0. The summed E-state index contributed by atoms with van der Waals surface area (Å²) < 4.78 is 33.7. The van der Waals surface area contributed by atoms with Crippen LogP contribution >= 0.6 is 0 Å². The molecule has 7 nitrogen and oxygen atoms in total. The molecule has 0 amide bonds. The van der Waals surface area contributed by atoms with Crippen LogP contribution in [0.15, 0.2) is 0 Å². The highest BCUT2D eigenvalue weighted by molar-refractivity contribution is 5.38. The van der Waals surface area contributed by atoms with Crippen LogP contribution in [0.3, 0.4) is 0 Å². The van der Waals surface area contributed by atoms with Crippen molar-refractivity contribution in [2.45, 2.75) is 70.0 Å². The van der Waals surface area contributed by atoms with Crippen molar-refractivity contribution in [2.24, 2.45) is 0 Å². The summed E-state index contributed by atoms with van der Waals surface area (Å²) in [6.45, 7) is 8.01. The van der Waals surface area contributed by atoms with E-state index in [1.807, 2.05) is 13.8 Å². The lowest BCUT2D eigenvalue weighted by molar-refractivity contribution is -0.233. The Balaban J connectivity index is 1.75. The van der Waals surface area contributed by atoms with Gasteiger partial charge in [-0.25, -0.2) is 0 Å². The van der Waals surface area contributed by atoms with Crippen molar-refractivity contribution in [3.8, 4) is 0 Å². The van der Waals surface area contributed by atoms with Gasteiger partial charge in [-0.3, -0.25) is 4.79 Å². The molecule has 3 aliphatic rings. The van der Waals surface area contributed by atoms with Gasteiger partial charge < -0.3 is 28.4 Å². The smallest absolute Gasteiger partial charge is 0.293 e. The Bertz CT molecular complexity index is 394. The van der Waals surface area contributed by atoms with Crippen molar-refractivity contribution in [2.75, 3.05) is 6.61 Å². The summed E-state index contributed by atoms with van der Waals surface area (Å²) in [5.41, 5.74) is 0. The summed E-state index contributed by atoms with van der Waals surface area (Å²) >= 11 is 0. The van der Waals surface area contributed by atoms with Gasteiger partial charge in [0, 0.05) is 0 Å². The summed E-state index contributed by atoms with van der Waals surface area (Å²) in [4.78, 5) is 10.8. The predicted octanol–water partition coefficient (Wildman–Crippen LogP) is 0.556. The molecule has 0 aromatic carbocycles. The minimum absolute atomic E-state index is 0.323. The number of carbonyl (C=O) groups is 1. The summed E-state index contributed by atoms with van der Waals surface area (Å²) in [7, 11) is 0. The lowest BCUT2D eigenvalue weighted by atomic mass is 10.1. The van der Waals surface area contributed by atoms with Crippen LogP contribution in [0, 0.1) is 0 Å². The van der Waals surface area contributed by atoms with E-state index in [0.29, 0.717) is 13.1 Å². The second-order valence-electron chi connectivity index (χ2n) is 6.13. The molecule has 7 heteroatoms. The third-order valence-corrected chi connectivity index (χ3v) is 3.64. The van der Waals surface area contributed by atoms with Crippen LogP contribution in [-0.4, -0.2) is 55.4 Å². The predicted molar refractivity (Wildman–Crippen MR) is 64.5 cm³/mol. The third kappa shape index (κ3) is 2.44. The molecule has 114 valence electrons. The van der Waals surface area contributed by atoms with Crippen molar-refractivity contribution >= 4 is 6.47 Å². The fourth-order valence-corrected chi connectivity index (χ4v) is 2.90. The first-order valence-electron chi connectivity index (χ1n) is 6.73. The second kappa shape index (κ2) is 4.64. The van der Waals surface area contributed by atoms with Gasteiger partial charge in [-0.2, -0.15) is 0 Å². The summed E-state index contributed by atoms with van der Waals surface area (Å²) in [6, 6.07) is 0. The normalized spacial score (nSPS) is 45.3. The fraction of sp³-hybridized carbons (Fsp3) is 0.923. The number of ether oxygens (including phenoxy) is 6. The lowest BCUT2D eigenvalue weighted by Gasteiger charge is -2.27. The maximum atomic E-state index is 10.8. The molecular weight excluding hydrogens is 268 g/mol. The Morgan fingerprint density at radius 3 is 2.40 bits per heavy atom. The molecule has 0 spiro atoms. The molecule has 3 fully saturated rings. The SMILES string of the molecule is CC1(C)O[C@H]2O[C@H]([C@H]3COC(C)(C)O3)[C@H](OC=O)[C@H]2O1. The topological polar surface area (TPSA) is 72.5 Å². The molecule has 0 unspecified atom stereocenters. The van der Waals surface area contributed by atoms with Crippen LogP contribution in [0.5, 0.6) is 0 Å². The van der Waals surface area contributed by atoms with Gasteiger partial charge in [0.2, 0.25) is 0 Å². The molecule has 0 aromatic heterocycles. The first-order chi connectivity index (χ1) is 9.31. The molecule has 0 bridgehead atoms. The largest absolute Gasteiger partial charge is 0.459 e. The molecule has 3 saturated heterocycles. The monoisotopic (exact) mass is 288 g/mol. The molecule has 0 radical (unpaired) electrons. The Morgan fingerprint density at radius 2 is 1.80 bits per heavy atom. The van der Waals surface area contributed by atoms with Gasteiger partial charge >= 0.3 is 0 Å². The van der Waals surface area contributed by atoms with Crippen LogP contribution < -0.4 is 0 Å². The van der Waals surface area contributed by atoms with Crippen LogP contribution in [0.4, 0.5) is 0 Å². The molecule has 3 rings (SSSR count). The zero-order chi connectivity index (χ0) is 14.5. The number of rotatable bonds is 3. The van der Waals surface area contributed by atoms with Gasteiger partial charge in [-0.15, -0.1) is 0 Å². The zero-order valence-electron chi connectivity index (χ0n) is 12.0. The molecule has 0 aliphatic carbocycles. The van der Waals surface area contributed by atoms with E-state index in [9.17, 15) is 4.79 Å². The number of carbonyl (C=O) groups excluding carboxylic acids is 1. The number of fused-ring (bicyclic) bond motifs is 1. The summed E-state index contributed by atoms with van der Waals surface area (Å²) in [5, 5.41) is 0. The third-order valence-electron chi connectivity index (χ3n) is 3.64. The van der Waals surface area contributed by atoms with Gasteiger partial charge in [0.05, 0.1) is 6.61 Å². The van der Waals surface area contributed by atoms with Crippen LogP contribution in [0.25, 0.3) is 0 Å². The molecule has 5 atom stereocenters. The van der Waals surface area contributed by atoms with Gasteiger partial charge in [0.1, 0.15) is 12.2 Å². The van der Waals surface area contributed by atoms with E-state index in [4.69, 9.17) is 28.4 Å². The van der Waals surface area contributed by atoms with Gasteiger partial charge in [-0.05, 0) is 27.7 Å². The first kappa shape index (κ1) is 14.2. The molecule has 3 aliphatic heterocycles. The molecular formula is C13H20O7. The fourth-order valence-electron chi connectivity index (χ4n) is 2.90. The van der Waals surface area contributed by atoms with Gasteiger partial charge in [-0.1, -0.05) is 0 Å². The van der Waals surface area contributed by atoms with Crippen molar-refractivity contribution in [1.82, 2.24) is 0 Å². The quantitative estimate of drug-likeness (QED) is 0.702. The Kier molecular flexibility index (Phi) is 3.30. The van der Waals surface area contributed by atoms with E-state index < -0.39 is 36.2 Å². The Morgan fingerprint density at radius 1 is 1.05 bits per heavy atom. The Hall–Kier alpha value is -0.730. The lowest BCUT2D eigenvalue weighted by Crippen LogP contribution is -2.44. The average molecular weight is 288 g/mol. The highest BCUT2D eigenvalue weighted by Gasteiger charge is 2.59. The van der Waals surface area contributed by atoms with Crippen LogP contribution in [0.2, 0.25) is 0 Å². The van der Waals surface area contributed by atoms with Crippen LogP contribution in [-0.2, 0) is 33.2 Å². The van der Waals surface area contributed by atoms with Crippen molar-refractivity contribution in [3.63, 3.8) is 0 Å². The van der Waals surface area contributed by atoms with E-state index in [1.165, 1.54) is 0 Å². The molecule has 0 saturated carbocycles. The zero-order valence-corrected chi connectivity index (χ0v) is 12.0. The molecule has 3 heterocycles. The van der Waals surface area contributed by atoms with E-state index in [0.717, 1.165) is 0 Å². The van der Waals surface area contributed by atoms with E-state index in [-0.39, 0.29) is 6.10 Å². The van der Waals surface area contributed by atoms with Gasteiger partial charge in [0.25, 0.3) is 6.47 Å². The molecule has 20 heavy (non-hydrogen) atoms. The van der Waals surface area contributed by atoms with Crippen molar-refractivity contribution in [1.29, 1.82) is 0 Å². The number of hydrogen-bond acceptors (Lipinski definition) is 7. The van der Waals surface area contributed by atoms with E-state index >= 15 is 0 Å². The minimum atomic E-state index is -0.753. The maximum absolute atomic E-state index is 10.8. The highest BCUT2D eigenvalue weighted by Crippen LogP contribution is 2.41. The van der Waals surface area contributed by atoms with Crippen molar-refractivity contribution < 1.29 is 33.2 Å². The average Bonchev–Trinajstić information content (AvgIpc) is 2.91.